The summed E-state index contributed by atoms with van der Waals surface area (Å²) >= 11 is 5.60. The van der Waals surface area contributed by atoms with Crippen LogP contribution in [0.3, 0.4) is 0 Å². The number of aromatic nitrogens is 2. The summed E-state index contributed by atoms with van der Waals surface area (Å²) in [4.78, 5) is 19.2. The molecule has 0 aliphatic carbocycles. The van der Waals surface area contributed by atoms with Crippen molar-refractivity contribution in [2.45, 2.75) is 19.9 Å². The molecule has 16 heavy (non-hydrogen) atoms. The van der Waals surface area contributed by atoms with Crippen LogP contribution in [-0.4, -0.2) is 21.9 Å². The first-order chi connectivity index (χ1) is 7.54. The molecule has 1 aromatic rings. The Morgan fingerprint density at radius 1 is 1.56 bits per heavy atom. The Morgan fingerprint density at radius 3 is 2.75 bits per heavy atom. The molecule has 0 radical (unpaired) electrons. The summed E-state index contributed by atoms with van der Waals surface area (Å²) < 4.78 is 0. The van der Waals surface area contributed by atoms with Gasteiger partial charge in [0.15, 0.2) is 0 Å². The van der Waals surface area contributed by atoms with Crippen LogP contribution in [0.15, 0.2) is 12.4 Å². The fraction of sp³-hybridized carbons (Fsp3) is 0.400. The minimum absolute atomic E-state index is 0.0288. The Hall–Kier alpha value is -1.67. The van der Waals surface area contributed by atoms with Gasteiger partial charge in [-0.2, -0.15) is 5.26 Å². The molecule has 1 amide bonds. The van der Waals surface area contributed by atoms with E-state index in [2.05, 4.69) is 15.3 Å². The summed E-state index contributed by atoms with van der Waals surface area (Å²) in [6.45, 7) is 3.69. The van der Waals surface area contributed by atoms with E-state index in [1.54, 1.807) is 0 Å². The number of hydrogen-bond acceptors (Lipinski definition) is 4. The lowest BCUT2D eigenvalue weighted by Crippen LogP contribution is -2.37. The third kappa shape index (κ3) is 3.17. The van der Waals surface area contributed by atoms with Crippen molar-refractivity contribution in [3.05, 3.63) is 23.2 Å². The molecule has 0 aliphatic rings. The monoisotopic (exact) mass is 238 g/mol. The molecule has 1 aromatic heterocycles. The largest absolute Gasteiger partial charge is 0.335 e. The van der Waals surface area contributed by atoms with E-state index < -0.39 is 11.9 Å². The highest BCUT2D eigenvalue weighted by molar-refractivity contribution is 6.29. The molecule has 1 heterocycles. The number of hydrogen-bond donors (Lipinski definition) is 1. The van der Waals surface area contributed by atoms with E-state index in [1.807, 2.05) is 19.9 Å². The summed E-state index contributed by atoms with van der Waals surface area (Å²) in [7, 11) is 0. The highest BCUT2D eigenvalue weighted by atomic mass is 35.5. The first-order valence-electron chi connectivity index (χ1n) is 4.72. The summed E-state index contributed by atoms with van der Waals surface area (Å²) in [5, 5.41) is 11.5. The van der Waals surface area contributed by atoms with Gasteiger partial charge in [-0.05, 0) is 5.92 Å². The van der Waals surface area contributed by atoms with Gasteiger partial charge in [0.2, 0.25) is 0 Å². The number of halogens is 1. The van der Waals surface area contributed by atoms with E-state index in [9.17, 15) is 4.79 Å². The van der Waals surface area contributed by atoms with Crippen LogP contribution < -0.4 is 5.32 Å². The van der Waals surface area contributed by atoms with Crippen molar-refractivity contribution in [1.29, 1.82) is 5.26 Å². The summed E-state index contributed by atoms with van der Waals surface area (Å²) in [5.41, 5.74) is 0.105. The van der Waals surface area contributed by atoms with Crippen LogP contribution in [0.2, 0.25) is 5.15 Å². The van der Waals surface area contributed by atoms with Gasteiger partial charge in [0, 0.05) is 0 Å². The third-order valence-corrected chi connectivity index (χ3v) is 2.11. The van der Waals surface area contributed by atoms with Crippen molar-refractivity contribution in [2.75, 3.05) is 0 Å². The van der Waals surface area contributed by atoms with E-state index in [4.69, 9.17) is 16.9 Å². The van der Waals surface area contributed by atoms with Gasteiger partial charge in [-0.1, -0.05) is 25.4 Å². The minimum Gasteiger partial charge on any atom is -0.335 e. The zero-order valence-corrected chi connectivity index (χ0v) is 9.69. The molecule has 0 aliphatic heterocycles. The Morgan fingerprint density at radius 2 is 2.25 bits per heavy atom. The van der Waals surface area contributed by atoms with E-state index >= 15 is 0 Å². The minimum atomic E-state index is -0.548. The summed E-state index contributed by atoms with van der Waals surface area (Å²) in [5.74, 6) is -0.420. The van der Waals surface area contributed by atoms with Gasteiger partial charge in [-0.15, -0.1) is 0 Å². The topological polar surface area (TPSA) is 78.7 Å². The highest BCUT2D eigenvalue weighted by Crippen LogP contribution is 2.04. The van der Waals surface area contributed by atoms with Gasteiger partial charge in [0.25, 0.3) is 5.91 Å². The molecule has 0 fully saturated rings. The zero-order valence-electron chi connectivity index (χ0n) is 8.94. The number of nitrogens with zero attached hydrogens (tertiary/aromatic N) is 3. The molecule has 0 aromatic carbocycles. The van der Waals surface area contributed by atoms with Gasteiger partial charge in [-0.3, -0.25) is 9.78 Å². The van der Waals surface area contributed by atoms with Crippen LogP contribution >= 0.6 is 11.6 Å². The highest BCUT2D eigenvalue weighted by Gasteiger charge is 2.17. The molecule has 0 bridgehead atoms. The molecular formula is C10H11ClN4O. The van der Waals surface area contributed by atoms with E-state index in [-0.39, 0.29) is 16.8 Å². The van der Waals surface area contributed by atoms with Crippen molar-refractivity contribution in [2.24, 2.45) is 5.92 Å². The second-order valence-corrected chi connectivity index (χ2v) is 3.94. The van der Waals surface area contributed by atoms with E-state index in [0.29, 0.717) is 0 Å². The van der Waals surface area contributed by atoms with Crippen LogP contribution in [0.5, 0.6) is 0 Å². The van der Waals surface area contributed by atoms with Gasteiger partial charge >= 0.3 is 0 Å². The second kappa shape index (κ2) is 5.42. The Bertz CT molecular complexity index is 427. The average Bonchev–Trinajstić information content (AvgIpc) is 2.25. The van der Waals surface area contributed by atoms with Crippen molar-refractivity contribution in [3.8, 4) is 6.07 Å². The SMILES string of the molecule is CC(C)C(C#N)NC(=O)c1cncc(Cl)n1. The molecule has 6 heteroatoms. The molecule has 5 nitrogen and oxygen atoms in total. The summed E-state index contributed by atoms with van der Waals surface area (Å²) in [6.07, 6.45) is 2.64. The molecule has 1 atom stereocenters. The zero-order chi connectivity index (χ0) is 12.1. The van der Waals surface area contributed by atoms with Gasteiger partial charge in [0.05, 0.1) is 18.5 Å². The number of amides is 1. The van der Waals surface area contributed by atoms with E-state index in [1.165, 1.54) is 12.4 Å². The van der Waals surface area contributed by atoms with Gasteiger partial charge in [0.1, 0.15) is 16.9 Å². The molecule has 0 saturated carbocycles. The Labute approximate surface area is 98.5 Å². The van der Waals surface area contributed by atoms with Gasteiger partial charge < -0.3 is 5.32 Å². The fourth-order valence-electron chi connectivity index (χ4n) is 1.01. The number of rotatable bonds is 3. The first kappa shape index (κ1) is 12.4. The lowest BCUT2D eigenvalue weighted by atomic mass is 10.1. The Kier molecular flexibility index (Phi) is 4.20. The van der Waals surface area contributed by atoms with E-state index in [0.717, 1.165) is 0 Å². The maximum absolute atomic E-state index is 11.6. The predicted molar refractivity (Wildman–Crippen MR) is 58.7 cm³/mol. The second-order valence-electron chi connectivity index (χ2n) is 3.55. The Balaban J connectivity index is 2.77. The maximum Gasteiger partial charge on any atom is 0.272 e. The molecule has 1 rings (SSSR count). The fourth-order valence-corrected chi connectivity index (χ4v) is 1.16. The molecule has 84 valence electrons. The standard InChI is InChI=1S/C10H11ClN4O/c1-6(2)7(3-12)15-10(16)8-4-13-5-9(11)14-8/h4-7H,1-2H3,(H,15,16). The quantitative estimate of drug-likeness (QED) is 0.864. The molecule has 0 saturated heterocycles. The van der Waals surface area contributed by atoms with Crippen LogP contribution in [0.1, 0.15) is 24.3 Å². The number of carbonyl (C=O) groups excluding carboxylic acids is 1. The van der Waals surface area contributed by atoms with Crippen molar-refractivity contribution < 1.29 is 4.79 Å². The van der Waals surface area contributed by atoms with Crippen molar-refractivity contribution in [1.82, 2.24) is 15.3 Å². The lowest BCUT2D eigenvalue weighted by molar-refractivity contribution is 0.0932. The van der Waals surface area contributed by atoms with Crippen molar-refractivity contribution in [3.63, 3.8) is 0 Å². The van der Waals surface area contributed by atoms with Crippen LogP contribution in [0, 0.1) is 17.2 Å². The third-order valence-electron chi connectivity index (χ3n) is 1.93. The maximum atomic E-state index is 11.6. The molecule has 1 N–H and O–H groups in total. The molecule has 1 unspecified atom stereocenters. The number of nitriles is 1. The normalized spacial score (nSPS) is 11.9. The van der Waals surface area contributed by atoms with Crippen molar-refractivity contribution >= 4 is 17.5 Å². The van der Waals surface area contributed by atoms with Gasteiger partial charge in [-0.25, -0.2) is 4.98 Å². The number of nitrogens with one attached hydrogen (secondary N) is 1. The summed E-state index contributed by atoms with van der Waals surface area (Å²) in [6, 6.07) is 1.46. The van der Waals surface area contributed by atoms with Crippen LogP contribution in [-0.2, 0) is 0 Å². The smallest absolute Gasteiger partial charge is 0.272 e. The first-order valence-corrected chi connectivity index (χ1v) is 5.10. The molecule has 0 spiro atoms. The average molecular weight is 239 g/mol. The molecular weight excluding hydrogens is 228 g/mol. The predicted octanol–water partition coefficient (Wildman–Crippen LogP) is 1.41. The number of carbonyl (C=O) groups is 1. The lowest BCUT2D eigenvalue weighted by Gasteiger charge is -2.14. The van der Waals surface area contributed by atoms with Crippen LogP contribution in [0.4, 0.5) is 0 Å². The van der Waals surface area contributed by atoms with Crippen LogP contribution in [0.25, 0.3) is 0 Å².